The highest BCUT2D eigenvalue weighted by molar-refractivity contribution is 8.01. The Balaban J connectivity index is 1.67. The molecule has 3 rings (SSSR count). The maximum Gasteiger partial charge on any atom is 0.262 e. The minimum atomic E-state index is -0.200. The minimum Gasteiger partial charge on any atom is -0.300 e. The number of thioether (sulfide) groups is 1. The van der Waals surface area contributed by atoms with Gasteiger partial charge in [-0.05, 0) is 25.2 Å². The predicted octanol–water partition coefficient (Wildman–Crippen LogP) is 3.07. The van der Waals surface area contributed by atoms with Crippen LogP contribution in [0.4, 0.5) is 5.13 Å². The van der Waals surface area contributed by atoms with E-state index in [0.29, 0.717) is 10.5 Å². The minimum absolute atomic E-state index is 0.0998. The van der Waals surface area contributed by atoms with Crippen molar-refractivity contribution in [2.24, 2.45) is 0 Å². The molecule has 0 saturated carbocycles. The van der Waals surface area contributed by atoms with Crippen molar-refractivity contribution in [2.45, 2.75) is 38.1 Å². The second-order valence-electron chi connectivity index (χ2n) is 5.31. The van der Waals surface area contributed by atoms with Crippen LogP contribution in [0.1, 0.15) is 23.8 Å². The van der Waals surface area contributed by atoms with Gasteiger partial charge < -0.3 is 5.32 Å². The lowest BCUT2D eigenvalue weighted by molar-refractivity contribution is -0.116. The number of anilines is 1. The van der Waals surface area contributed by atoms with Crippen LogP contribution in [0.5, 0.6) is 0 Å². The summed E-state index contributed by atoms with van der Waals surface area (Å²) in [6.07, 6.45) is 1.68. The van der Waals surface area contributed by atoms with Crippen LogP contribution in [0, 0.1) is 13.8 Å². The summed E-state index contributed by atoms with van der Waals surface area (Å²) in [4.78, 5) is 30.8. The number of carbonyl (C=O) groups excluding carboxylic acids is 1. The Bertz CT molecular complexity index is 975. The van der Waals surface area contributed by atoms with E-state index in [4.69, 9.17) is 0 Å². The fourth-order valence-electron chi connectivity index (χ4n) is 2.28. The Hall–Kier alpha value is -1.78. The number of thiophene rings is 1. The molecule has 0 aliphatic heterocycles. The second kappa shape index (κ2) is 7.63. The van der Waals surface area contributed by atoms with Gasteiger partial charge in [0.15, 0.2) is 4.34 Å². The smallest absolute Gasteiger partial charge is 0.262 e. The number of aromatic nitrogens is 4. The molecule has 7 nitrogen and oxygen atoms in total. The van der Waals surface area contributed by atoms with Crippen LogP contribution in [-0.4, -0.2) is 31.4 Å². The summed E-state index contributed by atoms with van der Waals surface area (Å²) in [5.74, 6) is 0.706. The highest BCUT2D eigenvalue weighted by Gasteiger charge is 2.13. The van der Waals surface area contributed by atoms with Gasteiger partial charge in [-0.2, -0.15) is 0 Å². The van der Waals surface area contributed by atoms with Crippen LogP contribution < -0.4 is 10.9 Å². The Labute approximate surface area is 156 Å². The zero-order valence-corrected chi connectivity index (χ0v) is 16.5. The molecule has 1 amide bonds. The molecule has 132 valence electrons. The number of amides is 1. The van der Waals surface area contributed by atoms with Gasteiger partial charge in [-0.15, -0.1) is 21.5 Å². The number of nitrogens with one attached hydrogen (secondary N) is 1. The van der Waals surface area contributed by atoms with Crippen LogP contribution in [0.15, 0.2) is 15.5 Å². The van der Waals surface area contributed by atoms with Crippen molar-refractivity contribution in [3.8, 4) is 0 Å². The van der Waals surface area contributed by atoms with Crippen LogP contribution in [0.3, 0.4) is 0 Å². The number of hydrogen-bond acceptors (Lipinski definition) is 8. The Morgan fingerprint density at radius 3 is 2.88 bits per heavy atom. The summed E-state index contributed by atoms with van der Waals surface area (Å²) >= 11 is 4.44. The third-order valence-corrected chi connectivity index (χ3v) is 6.63. The van der Waals surface area contributed by atoms with E-state index in [-0.39, 0.29) is 24.4 Å². The summed E-state index contributed by atoms with van der Waals surface area (Å²) in [5.41, 5.74) is 0.864. The molecule has 0 aliphatic carbocycles. The third-order valence-electron chi connectivity index (χ3n) is 3.66. The second-order valence-corrected chi connectivity index (χ2v) is 9.00. The van der Waals surface area contributed by atoms with Crippen LogP contribution in [0.2, 0.25) is 0 Å². The normalized spacial score (nSPS) is 11.2. The largest absolute Gasteiger partial charge is 0.300 e. The molecule has 10 heteroatoms. The van der Waals surface area contributed by atoms with Gasteiger partial charge >= 0.3 is 0 Å². The molecule has 0 unspecified atom stereocenters. The quantitative estimate of drug-likeness (QED) is 0.510. The number of rotatable bonds is 6. The van der Waals surface area contributed by atoms with E-state index in [1.54, 1.807) is 11.8 Å². The molecule has 0 saturated heterocycles. The summed E-state index contributed by atoms with van der Waals surface area (Å²) in [5, 5.41) is 11.8. The Morgan fingerprint density at radius 2 is 2.12 bits per heavy atom. The average molecular weight is 396 g/mol. The van der Waals surface area contributed by atoms with Crippen molar-refractivity contribution in [1.29, 1.82) is 0 Å². The lowest BCUT2D eigenvalue weighted by Gasteiger charge is -2.05. The summed E-state index contributed by atoms with van der Waals surface area (Å²) in [6, 6.07) is 0. The van der Waals surface area contributed by atoms with E-state index in [9.17, 15) is 9.59 Å². The molecule has 1 N–H and O–H groups in total. The molecule has 3 aromatic rings. The number of aryl methyl sites for hydroxylation is 3. The molecular weight excluding hydrogens is 378 g/mol. The van der Waals surface area contributed by atoms with Crippen molar-refractivity contribution >= 4 is 55.7 Å². The van der Waals surface area contributed by atoms with Crippen molar-refractivity contribution in [2.75, 3.05) is 11.1 Å². The van der Waals surface area contributed by atoms with E-state index in [2.05, 4.69) is 20.5 Å². The first kappa shape index (κ1) is 18.0. The summed E-state index contributed by atoms with van der Waals surface area (Å²) in [6.45, 7) is 6.21. The van der Waals surface area contributed by atoms with Gasteiger partial charge in [0.05, 0.1) is 11.7 Å². The highest BCUT2D eigenvalue weighted by atomic mass is 32.2. The Kier molecular flexibility index (Phi) is 5.50. The molecule has 0 aromatic carbocycles. The number of nitrogens with zero attached hydrogens (tertiary/aromatic N) is 4. The average Bonchev–Trinajstić information content (AvgIpc) is 3.12. The van der Waals surface area contributed by atoms with E-state index >= 15 is 0 Å². The number of fused-ring (bicyclic) bond motifs is 1. The zero-order chi connectivity index (χ0) is 18.0. The van der Waals surface area contributed by atoms with Gasteiger partial charge in [0.25, 0.3) is 5.56 Å². The van der Waals surface area contributed by atoms with Gasteiger partial charge in [0.2, 0.25) is 11.0 Å². The van der Waals surface area contributed by atoms with Crippen LogP contribution in [-0.2, 0) is 11.3 Å². The molecular formula is C15H17N5O2S3. The predicted molar refractivity (Wildman–Crippen MR) is 103 cm³/mol. The van der Waals surface area contributed by atoms with E-state index in [0.717, 1.165) is 25.4 Å². The van der Waals surface area contributed by atoms with Gasteiger partial charge in [-0.3, -0.25) is 14.2 Å². The fraction of sp³-hybridized carbons (Fsp3) is 0.400. The first-order chi connectivity index (χ1) is 12.0. The molecule has 25 heavy (non-hydrogen) atoms. The maximum absolute atomic E-state index is 12.6. The van der Waals surface area contributed by atoms with E-state index in [1.165, 1.54) is 33.6 Å². The fourth-order valence-corrected chi connectivity index (χ4v) is 4.93. The van der Waals surface area contributed by atoms with Gasteiger partial charge in [0, 0.05) is 17.8 Å². The standard InChI is InChI=1S/C15H17N5O2S3/c1-4-23-15-19-18-14(25-15)17-10(21)5-6-20-7-16-12-11(13(20)22)8(2)9(3)24-12/h7H,4-6H2,1-3H3,(H,17,18,21). The topological polar surface area (TPSA) is 89.8 Å². The monoisotopic (exact) mass is 395 g/mol. The molecule has 0 bridgehead atoms. The number of carbonyl (C=O) groups is 1. The summed E-state index contributed by atoms with van der Waals surface area (Å²) in [7, 11) is 0. The zero-order valence-electron chi connectivity index (χ0n) is 14.0. The van der Waals surface area contributed by atoms with E-state index < -0.39 is 0 Å². The SMILES string of the molecule is CCSc1nnc(NC(=O)CCn2cnc3sc(C)c(C)c3c2=O)s1. The summed E-state index contributed by atoms with van der Waals surface area (Å²) < 4.78 is 2.31. The lowest BCUT2D eigenvalue weighted by atomic mass is 10.2. The third kappa shape index (κ3) is 3.91. The van der Waals surface area contributed by atoms with Crippen molar-refractivity contribution < 1.29 is 4.79 Å². The maximum atomic E-state index is 12.6. The van der Waals surface area contributed by atoms with Gasteiger partial charge in [-0.1, -0.05) is 30.0 Å². The molecule has 0 atom stereocenters. The van der Waals surface area contributed by atoms with Crippen molar-refractivity contribution in [1.82, 2.24) is 19.7 Å². The highest BCUT2D eigenvalue weighted by Crippen LogP contribution is 2.26. The van der Waals surface area contributed by atoms with Crippen LogP contribution in [0.25, 0.3) is 10.2 Å². The van der Waals surface area contributed by atoms with Gasteiger partial charge in [-0.25, -0.2) is 4.98 Å². The first-order valence-corrected chi connectivity index (χ1v) is 10.3. The first-order valence-electron chi connectivity index (χ1n) is 7.71. The molecule has 0 fully saturated rings. The lowest BCUT2D eigenvalue weighted by Crippen LogP contribution is -2.23. The van der Waals surface area contributed by atoms with E-state index in [1.807, 2.05) is 20.8 Å². The molecule has 3 aromatic heterocycles. The molecule has 0 aliphatic rings. The molecule has 0 radical (unpaired) electrons. The molecule has 3 heterocycles. The van der Waals surface area contributed by atoms with Crippen molar-refractivity contribution in [3.05, 3.63) is 27.1 Å². The van der Waals surface area contributed by atoms with Gasteiger partial charge in [0.1, 0.15) is 4.83 Å². The van der Waals surface area contributed by atoms with Crippen LogP contribution >= 0.6 is 34.4 Å². The molecule has 0 spiro atoms. The number of hydrogen-bond donors (Lipinski definition) is 1. The van der Waals surface area contributed by atoms with Crippen molar-refractivity contribution in [3.63, 3.8) is 0 Å². The Morgan fingerprint density at radius 1 is 1.32 bits per heavy atom.